The fraction of sp³-hybridized carbons (Fsp3) is 0.400. The van der Waals surface area contributed by atoms with Crippen LogP contribution in [0.25, 0.3) is 11.1 Å². The topological polar surface area (TPSA) is 87.2 Å². The summed E-state index contributed by atoms with van der Waals surface area (Å²) < 4.78 is 12.1. The van der Waals surface area contributed by atoms with Crippen molar-refractivity contribution in [2.75, 3.05) is 12.9 Å². The van der Waals surface area contributed by atoms with E-state index >= 15 is 0 Å². The summed E-state index contributed by atoms with van der Waals surface area (Å²) in [7, 11) is 0. The maximum Gasteiger partial charge on any atom is 0.419 e. The molecule has 3 rings (SSSR count). The van der Waals surface area contributed by atoms with Crippen molar-refractivity contribution in [2.24, 2.45) is 0 Å². The molecule has 0 saturated carbocycles. The number of carbonyl (C=O) groups is 1. The van der Waals surface area contributed by atoms with Crippen LogP contribution < -0.4 is 5.76 Å². The van der Waals surface area contributed by atoms with Crippen molar-refractivity contribution < 1.29 is 13.9 Å². The number of rotatable bonds is 8. The lowest BCUT2D eigenvalue weighted by molar-refractivity contribution is -0.143. The molecule has 8 heteroatoms. The molecule has 2 heterocycles. The van der Waals surface area contributed by atoms with E-state index in [1.807, 2.05) is 38.3 Å². The van der Waals surface area contributed by atoms with E-state index in [0.717, 1.165) is 27.6 Å². The predicted molar refractivity (Wildman–Crippen MR) is 108 cm³/mol. The number of aromatic nitrogens is 3. The van der Waals surface area contributed by atoms with Gasteiger partial charge in [-0.3, -0.25) is 9.36 Å². The van der Waals surface area contributed by atoms with Crippen LogP contribution in [0, 0.1) is 13.8 Å². The van der Waals surface area contributed by atoms with Gasteiger partial charge in [-0.05, 0) is 50.6 Å². The average molecular weight is 401 g/mol. The molecule has 0 unspecified atom stereocenters. The van der Waals surface area contributed by atoms with E-state index in [1.165, 1.54) is 11.8 Å². The molecule has 2 aromatic heterocycles. The number of hydrogen-bond donors (Lipinski definition) is 0. The van der Waals surface area contributed by atoms with Gasteiger partial charge in [0.2, 0.25) is 0 Å². The molecule has 0 atom stereocenters. The second-order valence-corrected chi connectivity index (χ2v) is 7.19. The van der Waals surface area contributed by atoms with Crippen LogP contribution in [0.3, 0.4) is 0 Å². The van der Waals surface area contributed by atoms with E-state index in [4.69, 9.17) is 9.15 Å². The quantitative estimate of drug-likeness (QED) is 0.248. The smallest absolute Gasteiger partial charge is 0.419 e. The Morgan fingerprint density at radius 3 is 2.64 bits per heavy atom. The van der Waals surface area contributed by atoms with Crippen molar-refractivity contribution in [1.29, 1.82) is 0 Å². The molecule has 0 radical (unpaired) electrons. The van der Waals surface area contributed by atoms with Crippen molar-refractivity contribution >= 4 is 28.8 Å². The van der Waals surface area contributed by atoms with Gasteiger partial charge in [-0.15, -0.1) is 0 Å². The van der Waals surface area contributed by atoms with Crippen LogP contribution in [-0.2, 0) is 22.5 Å². The van der Waals surface area contributed by atoms with Crippen molar-refractivity contribution in [3.05, 3.63) is 51.8 Å². The van der Waals surface area contributed by atoms with E-state index in [-0.39, 0.29) is 19.0 Å². The summed E-state index contributed by atoms with van der Waals surface area (Å²) in [5.41, 5.74) is 4.10. The Morgan fingerprint density at radius 2 is 1.93 bits per heavy atom. The summed E-state index contributed by atoms with van der Waals surface area (Å²) in [6, 6.07) is 7.27. The van der Waals surface area contributed by atoms with E-state index in [1.54, 1.807) is 10.6 Å². The first-order chi connectivity index (χ1) is 13.5. The Morgan fingerprint density at radius 1 is 1.21 bits per heavy atom. The minimum Gasteiger partial charge on any atom is -0.466 e. The Balaban J connectivity index is 1.48. The van der Waals surface area contributed by atoms with Crippen LogP contribution in [0.2, 0.25) is 0 Å². The zero-order chi connectivity index (χ0) is 20.1. The first-order valence-corrected chi connectivity index (χ1v) is 10.3. The lowest BCUT2D eigenvalue weighted by Gasteiger charge is -2.10. The Bertz CT molecular complexity index is 1020. The minimum atomic E-state index is -0.396. The zero-order valence-corrected chi connectivity index (χ0v) is 17.0. The maximum absolute atomic E-state index is 12.0. The minimum absolute atomic E-state index is 0.255. The number of ether oxygens (including phenoxy) is 1. The number of para-hydroxylation sites is 2. The van der Waals surface area contributed by atoms with Crippen molar-refractivity contribution in [3.8, 4) is 0 Å². The third kappa shape index (κ3) is 4.62. The summed E-state index contributed by atoms with van der Waals surface area (Å²) in [5.74, 6) is -0.663. The second-order valence-electron chi connectivity index (χ2n) is 6.42. The van der Waals surface area contributed by atoms with Crippen molar-refractivity contribution in [2.45, 2.75) is 44.8 Å². The third-order valence-corrected chi connectivity index (χ3v) is 5.07. The van der Waals surface area contributed by atoms with Crippen molar-refractivity contribution in [1.82, 2.24) is 14.5 Å². The molecule has 0 aliphatic carbocycles. The van der Waals surface area contributed by atoms with Crippen LogP contribution >= 0.6 is 11.8 Å². The Labute approximate surface area is 167 Å². The number of oxazole rings is 1. The Kier molecular flexibility index (Phi) is 6.51. The summed E-state index contributed by atoms with van der Waals surface area (Å²) in [5, 5.41) is 0.739. The lowest BCUT2D eigenvalue weighted by Crippen LogP contribution is -2.16. The van der Waals surface area contributed by atoms with Crippen LogP contribution in [0.4, 0.5) is 0 Å². The zero-order valence-electron chi connectivity index (χ0n) is 16.2. The van der Waals surface area contributed by atoms with Crippen LogP contribution in [0.1, 0.15) is 29.8 Å². The van der Waals surface area contributed by atoms with E-state index < -0.39 is 5.76 Å². The molecule has 148 valence electrons. The largest absolute Gasteiger partial charge is 0.466 e. The number of esters is 1. The maximum atomic E-state index is 12.0. The average Bonchev–Trinajstić information content (AvgIpc) is 2.99. The molecule has 1 aromatic carbocycles. The predicted octanol–water partition coefficient (Wildman–Crippen LogP) is 3.29. The van der Waals surface area contributed by atoms with Gasteiger partial charge in [0.15, 0.2) is 10.7 Å². The van der Waals surface area contributed by atoms with E-state index in [0.29, 0.717) is 25.0 Å². The molecule has 3 aromatic rings. The van der Waals surface area contributed by atoms with Gasteiger partial charge in [0, 0.05) is 24.4 Å². The molecule has 0 aliphatic heterocycles. The molecule has 0 fully saturated rings. The third-order valence-electron chi connectivity index (χ3n) is 4.52. The van der Waals surface area contributed by atoms with Gasteiger partial charge in [0.1, 0.15) is 0 Å². The standard InChI is InChI=1S/C20H23N3O4S/c1-13-15(14(2)22-19(21-13)28-3)9-10-18(24)26-12-6-11-23-16-7-4-5-8-17(16)27-20(23)25/h4-5,7-8H,6,9-12H2,1-3H3. The van der Waals surface area contributed by atoms with Gasteiger partial charge in [-0.25, -0.2) is 14.8 Å². The molecule has 0 spiro atoms. The molecular formula is C20H23N3O4S. The number of hydrogen-bond acceptors (Lipinski definition) is 7. The molecule has 0 aliphatic rings. The van der Waals surface area contributed by atoms with E-state index in [2.05, 4.69) is 9.97 Å². The number of fused-ring (bicyclic) bond motifs is 1. The van der Waals surface area contributed by atoms with Gasteiger partial charge in [0.25, 0.3) is 0 Å². The molecule has 7 nitrogen and oxygen atoms in total. The number of benzene rings is 1. The number of aryl methyl sites for hydroxylation is 3. The second kappa shape index (κ2) is 9.05. The Hall–Kier alpha value is -2.61. The highest BCUT2D eigenvalue weighted by Gasteiger charge is 2.12. The highest BCUT2D eigenvalue weighted by atomic mass is 32.2. The first kappa shape index (κ1) is 20.1. The monoisotopic (exact) mass is 401 g/mol. The number of nitrogens with zero attached hydrogens (tertiary/aromatic N) is 3. The molecule has 0 saturated heterocycles. The summed E-state index contributed by atoms with van der Waals surface area (Å²) in [6.07, 6.45) is 3.31. The fourth-order valence-corrected chi connectivity index (χ4v) is 3.55. The van der Waals surface area contributed by atoms with Gasteiger partial charge in [-0.1, -0.05) is 23.9 Å². The van der Waals surface area contributed by atoms with Gasteiger partial charge < -0.3 is 9.15 Å². The molecular weight excluding hydrogens is 378 g/mol. The molecule has 0 bridgehead atoms. The van der Waals surface area contributed by atoms with Crippen LogP contribution in [0.5, 0.6) is 0 Å². The van der Waals surface area contributed by atoms with Gasteiger partial charge in [0.05, 0.1) is 12.1 Å². The first-order valence-electron chi connectivity index (χ1n) is 9.11. The fourth-order valence-electron chi connectivity index (χ4n) is 3.10. The molecule has 0 amide bonds. The van der Waals surface area contributed by atoms with E-state index in [9.17, 15) is 9.59 Å². The van der Waals surface area contributed by atoms with Gasteiger partial charge in [-0.2, -0.15) is 0 Å². The summed E-state index contributed by atoms with van der Waals surface area (Å²) in [4.78, 5) is 32.8. The highest BCUT2D eigenvalue weighted by Crippen LogP contribution is 2.17. The molecule has 28 heavy (non-hydrogen) atoms. The SMILES string of the molecule is CSc1nc(C)c(CCC(=O)OCCCn2c(=O)oc3ccccc32)c(C)n1. The molecule has 0 N–H and O–H groups in total. The number of carbonyl (C=O) groups excluding carboxylic acids is 1. The normalized spacial score (nSPS) is 11.1. The number of thioether (sulfide) groups is 1. The summed E-state index contributed by atoms with van der Waals surface area (Å²) >= 11 is 1.50. The van der Waals surface area contributed by atoms with Crippen LogP contribution in [0.15, 0.2) is 38.6 Å². The highest BCUT2D eigenvalue weighted by molar-refractivity contribution is 7.98. The van der Waals surface area contributed by atoms with Crippen LogP contribution in [-0.4, -0.2) is 33.4 Å². The van der Waals surface area contributed by atoms with Crippen molar-refractivity contribution in [3.63, 3.8) is 0 Å². The lowest BCUT2D eigenvalue weighted by atomic mass is 10.1. The summed E-state index contributed by atoms with van der Waals surface area (Å²) in [6.45, 7) is 4.56. The van der Waals surface area contributed by atoms with Gasteiger partial charge >= 0.3 is 11.7 Å².